The van der Waals surface area contributed by atoms with Gasteiger partial charge in [0.2, 0.25) is 0 Å². The quantitative estimate of drug-likeness (QED) is 0.399. The van der Waals surface area contributed by atoms with E-state index in [2.05, 4.69) is 0 Å². The average molecular weight is 190 g/mol. The standard InChI is InChI=1S/C3H8O2.2ClH.H3N.Na.H/c1-3(5)2-4;;;;;/h3-5H,2H2,1H3;2*1H;1H3;;/q;;;;+1;-1. The Bertz CT molecular complexity index is 38.5. The summed E-state index contributed by atoms with van der Waals surface area (Å²) < 4.78 is 0. The van der Waals surface area contributed by atoms with Crippen molar-refractivity contribution in [2.75, 3.05) is 6.61 Å². The molecule has 1 atom stereocenters. The van der Waals surface area contributed by atoms with Gasteiger partial charge in [-0.15, -0.1) is 24.8 Å². The minimum atomic E-state index is -0.560. The number of aliphatic hydroxyl groups is 2. The van der Waals surface area contributed by atoms with Crippen LogP contribution in [-0.2, 0) is 0 Å². The molecule has 0 spiro atoms. The monoisotopic (exact) mass is 189 g/mol. The van der Waals surface area contributed by atoms with Crippen molar-refractivity contribution in [3.05, 3.63) is 0 Å². The molecule has 0 radical (unpaired) electrons. The van der Waals surface area contributed by atoms with E-state index in [0.29, 0.717) is 0 Å². The summed E-state index contributed by atoms with van der Waals surface area (Å²) in [4.78, 5) is 0. The van der Waals surface area contributed by atoms with Crippen LogP contribution in [0.4, 0.5) is 0 Å². The third kappa shape index (κ3) is 44.0. The SMILES string of the molecule is CC(O)CO.Cl.Cl.N.[H-].[Na+]. The molecular formula is C3H14Cl2NNaO2. The Hall–Kier alpha value is 1.46. The Morgan fingerprint density at radius 1 is 1.44 bits per heavy atom. The summed E-state index contributed by atoms with van der Waals surface area (Å²) in [6.07, 6.45) is -0.560. The van der Waals surface area contributed by atoms with Crippen molar-refractivity contribution in [2.45, 2.75) is 13.0 Å². The van der Waals surface area contributed by atoms with E-state index in [1.54, 1.807) is 0 Å². The van der Waals surface area contributed by atoms with Crippen molar-refractivity contribution in [2.24, 2.45) is 0 Å². The van der Waals surface area contributed by atoms with Gasteiger partial charge in [0, 0.05) is 0 Å². The predicted molar refractivity (Wildman–Crippen MR) is 39.4 cm³/mol. The smallest absolute Gasteiger partial charge is 1.00 e. The molecule has 0 bridgehead atoms. The van der Waals surface area contributed by atoms with Crippen LogP contribution in [0.3, 0.4) is 0 Å². The zero-order chi connectivity index (χ0) is 4.28. The van der Waals surface area contributed by atoms with Crippen molar-refractivity contribution < 1.29 is 41.2 Å². The number of halogens is 2. The number of hydrogen-bond donors (Lipinski definition) is 3. The van der Waals surface area contributed by atoms with Crippen LogP contribution in [0.1, 0.15) is 8.35 Å². The number of aliphatic hydroxyl groups excluding tert-OH is 2. The van der Waals surface area contributed by atoms with Gasteiger partial charge in [-0.1, -0.05) is 0 Å². The summed E-state index contributed by atoms with van der Waals surface area (Å²) >= 11 is 0. The molecule has 0 aliphatic heterocycles. The molecular weight excluding hydrogens is 176 g/mol. The molecule has 9 heavy (non-hydrogen) atoms. The van der Waals surface area contributed by atoms with E-state index in [-0.39, 0.29) is 68.6 Å². The Kier molecular flexibility index (Phi) is 79.2. The predicted octanol–water partition coefficient (Wildman–Crippen LogP) is -2.52. The fraction of sp³-hybridized carbons (Fsp3) is 1.00. The van der Waals surface area contributed by atoms with Crippen LogP contribution in [-0.4, -0.2) is 22.9 Å². The van der Waals surface area contributed by atoms with E-state index in [4.69, 9.17) is 10.2 Å². The average Bonchev–Trinajstić information content (AvgIpc) is 1.38. The minimum absolute atomic E-state index is 0. The van der Waals surface area contributed by atoms with Crippen LogP contribution < -0.4 is 35.7 Å². The molecule has 0 fully saturated rings. The maximum absolute atomic E-state index is 8.11. The van der Waals surface area contributed by atoms with Crippen LogP contribution in [0.25, 0.3) is 0 Å². The maximum atomic E-state index is 8.11. The first kappa shape index (κ1) is 31.4. The Balaban J connectivity index is -0.00000000800. The van der Waals surface area contributed by atoms with Crippen molar-refractivity contribution in [3.63, 3.8) is 0 Å². The van der Waals surface area contributed by atoms with Crippen LogP contribution in [0.5, 0.6) is 0 Å². The van der Waals surface area contributed by atoms with E-state index in [0.717, 1.165) is 0 Å². The minimum Gasteiger partial charge on any atom is -1.00 e. The molecule has 0 heterocycles. The molecule has 1 unspecified atom stereocenters. The zero-order valence-corrected chi connectivity index (χ0v) is 9.34. The molecule has 0 rings (SSSR count). The zero-order valence-electron chi connectivity index (χ0n) is 6.70. The van der Waals surface area contributed by atoms with Gasteiger partial charge in [0.05, 0.1) is 12.7 Å². The van der Waals surface area contributed by atoms with Gasteiger partial charge >= 0.3 is 29.6 Å². The van der Waals surface area contributed by atoms with Gasteiger partial charge in [0.25, 0.3) is 0 Å². The first-order valence-corrected chi connectivity index (χ1v) is 1.56. The maximum Gasteiger partial charge on any atom is 1.00 e. The summed E-state index contributed by atoms with van der Waals surface area (Å²) in [7, 11) is 0. The molecule has 6 heteroatoms. The Morgan fingerprint density at radius 2 is 1.56 bits per heavy atom. The second-order valence-electron chi connectivity index (χ2n) is 1.03. The van der Waals surface area contributed by atoms with Crippen LogP contribution in [0, 0.1) is 0 Å². The molecule has 0 amide bonds. The van der Waals surface area contributed by atoms with E-state index in [1.165, 1.54) is 6.92 Å². The van der Waals surface area contributed by atoms with Gasteiger partial charge in [-0.25, -0.2) is 0 Å². The van der Waals surface area contributed by atoms with Crippen molar-refractivity contribution in [1.82, 2.24) is 6.15 Å². The fourth-order valence-corrected chi connectivity index (χ4v) is 0. The molecule has 0 aliphatic rings. The van der Waals surface area contributed by atoms with Crippen LogP contribution in [0.15, 0.2) is 0 Å². The first-order chi connectivity index (χ1) is 2.27. The number of rotatable bonds is 1. The normalized spacial score (nSPS) is 8.33. The van der Waals surface area contributed by atoms with Gasteiger partial charge in [0.15, 0.2) is 0 Å². The molecule has 58 valence electrons. The van der Waals surface area contributed by atoms with E-state index < -0.39 is 6.10 Å². The van der Waals surface area contributed by atoms with Crippen molar-refractivity contribution >= 4 is 24.8 Å². The van der Waals surface area contributed by atoms with Gasteiger partial charge in [0.1, 0.15) is 0 Å². The molecule has 0 aromatic heterocycles. The Labute approximate surface area is 91.4 Å². The molecule has 3 nitrogen and oxygen atoms in total. The largest absolute Gasteiger partial charge is 1.00 e. The number of hydrogen-bond acceptors (Lipinski definition) is 3. The third-order valence-electron chi connectivity index (χ3n) is 0.264. The molecule has 0 aromatic rings. The third-order valence-corrected chi connectivity index (χ3v) is 0.264. The molecule has 0 aromatic carbocycles. The van der Waals surface area contributed by atoms with Gasteiger partial charge in [-0.2, -0.15) is 0 Å². The summed E-state index contributed by atoms with van der Waals surface area (Å²) in [5, 5.41) is 16.0. The summed E-state index contributed by atoms with van der Waals surface area (Å²) in [5.74, 6) is 0. The summed E-state index contributed by atoms with van der Waals surface area (Å²) in [5.41, 5.74) is 0. The molecule has 0 saturated heterocycles. The summed E-state index contributed by atoms with van der Waals surface area (Å²) in [6.45, 7) is 1.39. The Morgan fingerprint density at radius 3 is 1.56 bits per heavy atom. The van der Waals surface area contributed by atoms with Gasteiger partial charge in [-0.3, -0.25) is 0 Å². The van der Waals surface area contributed by atoms with Gasteiger partial charge in [-0.05, 0) is 6.92 Å². The topological polar surface area (TPSA) is 75.5 Å². The molecule has 5 N–H and O–H groups in total. The van der Waals surface area contributed by atoms with E-state index in [1.807, 2.05) is 0 Å². The van der Waals surface area contributed by atoms with Gasteiger partial charge < -0.3 is 17.8 Å². The van der Waals surface area contributed by atoms with Crippen molar-refractivity contribution in [1.29, 1.82) is 0 Å². The summed E-state index contributed by atoms with van der Waals surface area (Å²) in [6, 6.07) is 0. The fourth-order valence-electron chi connectivity index (χ4n) is 0. The van der Waals surface area contributed by atoms with E-state index >= 15 is 0 Å². The molecule has 0 saturated carbocycles. The van der Waals surface area contributed by atoms with Crippen molar-refractivity contribution in [3.8, 4) is 0 Å². The second-order valence-corrected chi connectivity index (χ2v) is 1.03. The van der Waals surface area contributed by atoms with E-state index in [9.17, 15) is 0 Å². The second kappa shape index (κ2) is 22.7. The molecule has 0 aliphatic carbocycles. The first-order valence-electron chi connectivity index (χ1n) is 1.56. The van der Waals surface area contributed by atoms with Crippen LogP contribution >= 0.6 is 24.8 Å². The van der Waals surface area contributed by atoms with Crippen LogP contribution in [0.2, 0.25) is 0 Å².